The summed E-state index contributed by atoms with van der Waals surface area (Å²) < 4.78 is 40.4. The van der Waals surface area contributed by atoms with Crippen LogP contribution in [0, 0.1) is 24.4 Å². The monoisotopic (exact) mass is 253 g/mol. The maximum Gasteiger partial charge on any atom is 0.165 e. The summed E-state index contributed by atoms with van der Waals surface area (Å²) in [6.45, 7) is 1.40. The van der Waals surface area contributed by atoms with Gasteiger partial charge < -0.3 is 5.11 Å². The number of aryl methyl sites for hydroxylation is 1. The lowest BCUT2D eigenvalue weighted by Gasteiger charge is -2.14. The summed E-state index contributed by atoms with van der Waals surface area (Å²) in [6, 6.07) is 3.78. The third-order valence-electron chi connectivity index (χ3n) is 2.70. The molecule has 0 aliphatic rings. The van der Waals surface area contributed by atoms with Gasteiger partial charge in [-0.05, 0) is 18.6 Å². The van der Waals surface area contributed by atoms with Crippen LogP contribution in [0.1, 0.15) is 22.8 Å². The summed E-state index contributed by atoms with van der Waals surface area (Å²) in [5.74, 6) is -2.98. The van der Waals surface area contributed by atoms with E-state index >= 15 is 0 Å². The fourth-order valence-corrected chi connectivity index (χ4v) is 1.65. The Morgan fingerprint density at radius 2 is 1.78 bits per heavy atom. The first-order valence-corrected chi connectivity index (χ1v) is 5.24. The normalized spacial score (nSPS) is 12.5. The number of hydrogen-bond acceptors (Lipinski definition) is 2. The van der Waals surface area contributed by atoms with Crippen molar-refractivity contribution in [2.75, 3.05) is 0 Å². The number of halogens is 3. The average molecular weight is 253 g/mol. The molecular formula is C13H10F3NO. The molecule has 2 aromatic rings. The van der Waals surface area contributed by atoms with Crippen LogP contribution >= 0.6 is 0 Å². The minimum absolute atomic E-state index is 0.124. The van der Waals surface area contributed by atoms with Gasteiger partial charge in [0.15, 0.2) is 11.6 Å². The Morgan fingerprint density at radius 3 is 2.44 bits per heavy atom. The van der Waals surface area contributed by atoms with Crippen LogP contribution in [-0.4, -0.2) is 10.1 Å². The molecule has 1 aromatic carbocycles. The number of aromatic nitrogens is 1. The molecule has 5 heteroatoms. The zero-order chi connectivity index (χ0) is 13.3. The molecule has 0 amide bonds. The highest BCUT2D eigenvalue weighted by Crippen LogP contribution is 2.27. The van der Waals surface area contributed by atoms with E-state index in [4.69, 9.17) is 0 Å². The molecule has 0 fully saturated rings. The Bertz CT molecular complexity index is 586. The lowest BCUT2D eigenvalue weighted by Crippen LogP contribution is -2.07. The van der Waals surface area contributed by atoms with E-state index in [1.807, 2.05) is 0 Å². The van der Waals surface area contributed by atoms with Gasteiger partial charge in [-0.25, -0.2) is 13.2 Å². The SMILES string of the molecule is Cc1ccc(C(O)c2ccncc2F)c(F)c1F. The van der Waals surface area contributed by atoms with E-state index < -0.39 is 23.6 Å². The van der Waals surface area contributed by atoms with Crippen molar-refractivity contribution in [2.45, 2.75) is 13.0 Å². The van der Waals surface area contributed by atoms with Gasteiger partial charge >= 0.3 is 0 Å². The van der Waals surface area contributed by atoms with Crippen LogP contribution < -0.4 is 0 Å². The van der Waals surface area contributed by atoms with Crippen LogP contribution in [-0.2, 0) is 0 Å². The van der Waals surface area contributed by atoms with Crippen LogP contribution in [0.3, 0.4) is 0 Å². The summed E-state index contributed by atoms with van der Waals surface area (Å²) in [5, 5.41) is 9.89. The highest BCUT2D eigenvalue weighted by molar-refractivity contribution is 5.33. The second-order valence-electron chi connectivity index (χ2n) is 3.90. The number of pyridine rings is 1. The molecule has 0 radical (unpaired) electrons. The molecule has 0 aliphatic heterocycles. The first kappa shape index (κ1) is 12.6. The zero-order valence-corrected chi connectivity index (χ0v) is 9.49. The van der Waals surface area contributed by atoms with Crippen molar-refractivity contribution in [1.29, 1.82) is 0 Å². The van der Waals surface area contributed by atoms with E-state index in [2.05, 4.69) is 4.98 Å². The fraction of sp³-hybridized carbons (Fsp3) is 0.154. The molecule has 0 bridgehead atoms. The highest BCUT2D eigenvalue weighted by atomic mass is 19.2. The van der Waals surface area contributed by atoms with Crippen LogP contribution in [0.25, 0.3) is 0 Å². The number of hydrogen-bond donors (Lipinski definition) is 1. The standard InChI is InChI=1S/C13H10F3NO/c1-7-2-3-9(12(16)11(7)15)13(18)8-4-5-17-6-10(8)14/h2-6,13,18H,1H3. The van der Waals surface area contributed by atoms with E-state index in [9.17, 15) is 18.3 Å². The summed E-state index contributed by atoms with van der Waals surface area (Å²) >= 11 is 0. The molecule has 94 valence electrons. The third kappa shape index (κ3) is 2.09. The van der Waals surface area contributed by atoms with E-state index in [0.717, 1.165) is 6.20 Å². The average Bonchev–Trinajstić information content (AvgIpc) is 2.36. The summed E-state index contributed by atoms with van der Waals surface area (Å²) in [7, 11) is 0. The van der Waals surface area contributed by atoms with Gasteiger partial charge in [0.05, 0.1) is 6.20 Å². The van der Waals surface area contributed by atoms with Crippen molar-refractivity contribution < 1.29 is 18.3 Å². The second-order valence-corrected chi connectivity index (χ2v) is 3.90. The molecule has 1 N–H and O–H groups in total. The minimum Gasteiger partial charge on any atom is -0.383 e. The maximum absolute atomic E-state index is 13.7. The van der Waals surface area contributed by atoms with Crippen LogP contribution in [0.2, 0.25) is 0 Å². The molecule has 1 unspecified atom stereocenters. The summed E-state index contributed by atoms with van der Waals surface area (Å²) in [5.41, 5.74) is -0.325. The van der Waals surface area contributed by atoms with Gasteiger partial charge in [-0.1, -0.05) is 12.1 Å². The van der Waals surface area contributed by atoms with Crippen molar-refractivity contribution in [2.24, 2.45) is 0 Å². The van der Waals surface area contributed by atoms with Crippen LogP contribution in [0.5, 0.6) is 0 Å². The second kappa shape index (κ2) is 4.78. The van der Waals surface area contributed by atoms with Gasteiger partial charge in [-0.3, -0.25) is 4.98 Å². The maximum atomic E-state index is 13.7. The molecule has 18 heavy (non-hydrogen) atoms. The number of nitrogens with zero attached hydrogens (tertiary/aromatic N) is 1. The molecule has 0 saturated carbocycles. The Morgan fingerprint density at radius 1 is 1.06 bits per heavy atom. The lowest BCUT2D eigenvalue weighted by atomic mass is 10.00. The number of aliphatic hydroxyl groups is 1. The third-order valence-corrected chi connectivity index (χ3v) is 2.70. The molecule has 0 saturated heterocycles. The summed E-state index contributed by atoms with van der Waals surface area (Å²) in [4.78, 5) is 3.52. The Balaban J connectivity index is 2.50. The van der Waals surface area contributed by atoms with Crippen molar-refractivity contribution >= 4 is 0 Å². The van der Waals surface area contributed by atoms with E-state index in [-0.39, 0.29) is 16.7 Å². The molecule has 1 atom stereocenters. The first-order valence-electron chi connectivity index (χ1n) is 5.24. The van der Waals surface area contributed by atoms with Gasteiger partial charge in [0, 0.05) is 17.3 Å². The number of rotatable bonds is 2. The van der Waals surface area contributed by atoms with Gasteiger partial charge in [0.1, 0.15) is 11.9 Å². The quantitative estimate of drug-likeness (QED) is 0.892. The van der Waals surface area contributed by atoms with Gasteiger partial charge in [-0.15, -0.1) is 0 Å². The lowest BCUT2D eigenvalue weighted by molar-refractivity contribution is 0.208. The molecular weight excluding hydrogens is 243 g/mol. The fourth-order valence-electron chi connectivity index (χ4n) is 1.65. The van der Waals surface area contributed by atoms with Crippen molar-refractivity contribution in [1.82, 2.24) is 4.98 Å². The molecule has 0 spiro atoms. The topological polar surface area (TPSA) is 33.1 Å². The number of aliphatic hydroxyl groups excluding tert-OH is 1. The molecule has 1 aromatic heterocycles. The van der Waals surface area contributed by atoms with Gasteiger partial charge in [0.25, 0.3) is 0 Å². The van der Waals surface area contributed by atoms with E-state index in [0.29, 0.717) is 0 Å². The Hall–Kier alpha value is -1.88. The van der Waals surface area contributed by atoms with Gasteiger partial charge in [0.2, 0.25) is 0 Å². The zero-order valence-electron chi connectivity index (χ0n) is 9.49. The van der Waals surface area contributed by atoms with Crippen LogP contribution in [0.15, 0.2) is 30.6 Å². The van der Waals surface area contributed by atoms with Crippen molar-refractivity contribution in [3.63, 3.8) is 0 Å². The number of benzene rings is 1. The Kier molecular flexibility index (Phi) is 3.34. The molecule has 2 nitrogen and oxygen atoms in total. The molecule has 2 rings (SSSR count). The largest absolute Gasteiger partial charge is 0.383 e. The predicted octanol–water partition coefficient (Wildman–Crippen LogP) is 2.89. The van der Waals surface area contributed by atoms with Crippen LogP contribution in [0.4, 0.5) is 13.2 Å². The Labute approximate surface area is 102 Å². The molecule has 0 aliphatic carbocycles. The molecule has 1 heterocycles. The highest BCUT2D eigenvalue weighted by Gasteiger charge is 2.21. The summed E-state index contributed by atoms with van der Waals surface area (Å²) in [6.07, 6.45) is 0.605. The first-order chi connectivity index (χ1) is 8.52. The smallest absolute Gasteiger partial charge is 0.165 e. The van der Waals surface area contributed by atoms with Crippen molar-refractivity contribution in [3.05, 3.63) is 64.7 Å². The van der Waals surface area contributed by atoms with Crippen molar-refractivity contribution in [3.8, 4) is 0 Å². The van der Waals surface area contributed by atoms with Gasteiger partial charge in [-0.2, -0.15) is 0 Å². The predicted molar refractivity (Wildman–Crippen MR) is 59.4 cm³/mol. The minimum atomic E-state index is -1.57. The van der Waals surface area contributed by atoms with E-state index in [1.54, 1.807) is 0 Å². The van der Waals surface area contributed by atoms with E-state index in [1.165, 1.54) is 31.3 Å².